The molecular formula is C10H12BrNS. The van der Waals surface area contributed by atoms with Crippen molar-refractivity contribution in [1.29, 1.82) is 0 Å². The number of hydrogen-bond donors (Lipinski definition) is 1. The van der Waals surface area contributed by atoms with Gasteiger partial charge < -0.3 is 5.32 Å². The summed E-state index contributed by atoms with van der Waals surface area (Å²) in [5, 5.41) is 3.35. The normalized spacial score (nSPS) is 21.2. The zero-order chi connectivity index (χ0) is 9.26. The van der Waals surface area contributed by atoms with Crippen LogP contribution in [0.4, 0.5) is 0 Å². The van der Waals surface area contributed by atoms with Crippen molar-refractivity contribution >= 4 is 27.7 Å². The van der Waals surface area contributed by atoms with Gasteiger partial charge in [-0.3, -0.25) is 0 Å². The van der Waals surface area contributed by atoms with Crippen molar-refractivity contribution < 1.29 is 0 Å². The van der Waals surface area contributed by atoms with Gasteiger partial charge in [0.2, 0.25) is 0 Å². The van der Waals surface area contributed by atoms with Crippen LogP contribution >= 0.6 is 27.7 Å². The Morgan fingerprint density at radius 1 is 1.54 bits per heavy atom. The first kappa shape index (κ1) is 9.56. The van der Waals surface area contributed by atoms with Crippen LogP contribution in [-0.2, 0) is 0 Å². The molecule has 13 heavy (non-hydrogen) atoms. The summed E-state index contributed by atoms with van der Waals surface area (Å²) in [6.45, 7) is 0. The smallest absolute Gasteiger partial charge is 0.0337 e. The van der Waals surface area contributed by atoms with Crippen LogP contribution < -0.4 is 5.32 Å². The Balaban J connectivity index is 2.41. The van der Waals surface area contributed by atoms with E-state index in [0.29, 0.717) is 6.04 Å². The van der Waals surface area contributed by atoms with E-state index in [1.54, 1.807) is 0 Å². The van der Waals surface area contributed by atoms with Gasteiger partial charge in [0, 0.05) is 15.4 Å². The second-order valence-corrected chi connectivity index (χ2v) is 5.21. The molecule has 0 radical (unpaired) electrons. The topological polar surface area (TPSA) is 12.0 Å². The predicted octanol–water partition coefficient (Wildman–Crippen LogP) is 3.21. The molecular weight excluding hydrogens is 246 g/mol. The zero-order valence-corrected chi connectivity index (χ0v) is 9.91. The average molecular weight is 258 g/mol. The molecule has 0 unspecified atom stereocenters. The van der Waals surface area contributed by atoms with Crippen molar-refractivity contribution in [3.8, 4) is 0 Å². The first-order chi connectivity index (χ1) is 6.31. The van der Waals surface area contributed by atoms with Crippen LogP contribution in [0.2, 0.25) is 0 Å². The highest BCUT2D eigenvalue weighted by atomic mass is 79.9. The quantitative estimate of drug-likeness (QED) is 0.830. The fourth-order valence-electron chi connectivity index (χ4n) is 1.67. The molecule has 2 rings (SSSR count). The summed E-state index contributed by atoms with van der Waals surface area (Å²) in [4.78, 5) is 1.42. The predicted molar refractivity (Wildman–Crippen MR) is 61.3 cm³/mol. The fourth-order valence-corrected chi connectivity index (χ4v) is 3.15. The van der Waals surface area contributed by atoms with E-state index >= 15 is 0 Å². The van der Waals surface area contributed by atoms with Gasteiger partial charge >= 0.3 is 0 Å². The summed E-state index contributed by atoms with van der Waals surface area (Å²) in [6, 6.07) is 7.08. The van der Waals surface area contributed by atoms with E-state index in [-0.39, 0.29) is 0 Å². The van der Waals surface area contributed by atoms with Gasteiger partial charge in [-0.25, -0.2) is 0 Å². The lowest BCUT2D eigenvalue weighted by atomic mass is 10.0. The van der Waals surface area contributed by atoms with Crippen molar-refractivity contribution in [2.45, 2.75) is 17.4 Å². The highest BCUT2D eigenvalue weighted by Crippen LogP contribution is 2.37. The SMILES string of the molecule is CN[C@H]1CCSc2ccc(Br)cc21. The molecule has 1 N–H and O–H groups in total. The van der Waals surface area contributed by atoms with Crippen LogP contribution in [0, 0.1) is 0 Å². The van der Waals surface area contributed by atoms with Crippen molar-refractivity contribution in [2.24, 2.45) is 0 Å². The zero-order valence-electron chi connectivity index (χ0n) is 7.51. The maximum Gasteiger partial charge on any atom is 0.0337 e. The second kappa shape index (κ2) is 4.03. The number of hydrogen-bond acceptors (Lipinski definition) is 2. The number of nitrogens with one attached hydrogen (secondary N) is 1. The molecule has 1 atom stereocenters. The average Bonchev–Trinajstić information content (AvgIpc) is 2.17. The van der Waals surface area contributed by atoms with E-state index in [2.05, 4.69) is 39.4 Å². The van der Waals surface area contributed by atoms with Gasteiger partial charge in [-0.1, -0.05) is 15.9 Å². The number of benzene rings is 1. The highest BCUT2D eigenvalue weighted by Gasteiger charge is 2.18. The van der Waals surface area contributed by atoms with Crippen LogP contribution in [0.5, 0.6) is 0 Å². The van der Waals surface area contributed by atoms with Gasteiger partial charge in [0.05, 0.1) is 0 Å². The van der Waals surface area contributed by atoms with E-state index in [9.17, 15) is 0 Å². The molecule has 1 aliphatic rings. The van der Waals surface area contributed by atoms with Crippen molar-refractivity contribution in [3.63, 3.8) is 0 Å². The minimum atomic E-state index is 0.536. The van der Waals surface area contributed by atoms with Gasteiger partial charge in [-0.05, 0) is 43.0 Å². The first-order valence-electron chi connectivity index (χ1n) is 4.41. The van der Waals surface area contributed by atoms with Crippen LogP contribution in [0.15, 0.2) is 27.6 Å². The Hall–Kier alpha value is 0.01000. The molecule has 3 heteroatoms. The summed E-state index contributed by atoms with van der Waals surface area (Å²) >= 11 is 5.47. The molecule has 0 saturated heterocycles. The van der Waals surface area contributed by atoms with E-state index in [4.69, 9.17) is 0 Å². The molecule has 1 nitrogen and oxygen atoms in total. The molecule has 0 fully saturated rings. The summed E-state index contributed by atoms with van der Waals surface area (Å²) in [5.41, 5.74) is 1.44. The van der Waals surface area contributed by atoms with Crippen molar-refractivity contribution in [1.82, 2.24) is 5.32 Å². The maximum absolute atomic E-state index is 3.51. The van der Waals surface area contributed by atoms with Gasteiger partial charge in [0.15, 0.2) is 0 Å². The van der Waals surface area contributed by atoms with Crippen molar-refractivity contribution in [3.05, 3.63) is 28.2 Å². The third-order valence-electron chi connectivity index (χ3n) is 2.36. The number of thioether (sulfide) groups is 1. The molecule has 1 aromatic carbocycles. The molecule has 1 heterocycles. The number of fused-ring (bicyclic) bond motifs is 1. The summed E-state index contributed by atoms with van der Waals surface area (Å²) < 4.78 is 1.18. The largest absolute Gasteiger partial charge is 0.313 e. The van der Waals surface area contributed by atoms with Crippen molar-refractivity contribution in [2.75, 3.05) is 12.8 Å². The number of rotatable bonds is 1. The maximum atomic E-state index is 3.51. The van der Waals surface area contributed by atoms with E-state index in [1.165, 1.54) is 27.1 Å². The lowest BCUT2D eigenvalue weighted by molar-refractivity contribution is 0.565. The summed E-state index contributed by atoms with van der Waals surface area (Å²) in [7, 11) is 2.03. The minimum Gasteiger partial charge on any atom is -0.313 e. The molecule has 0 saturated carbocycles. The molecule has 70 valence electrons. The summed E-state index contributed by atoms with van der Waals surface area (Å²) in [5.74, 6) is 1.22. The van der Waals surface area contributed by atoms with Gasteiger partial charge in [0.1, 0.15) is 0 Å². The number of halogens is 1. The Kier molecular flexibility index (Phi) is 2.96. The Morgan fingerprint density at radius 3 is 3.15 bits per heavy atom. The van der Waals surface area contributed by atoms with E-state index < -0.39 is 0 Å². The monoisotopic (exact) mass is 257 g/mol. The van der Waals surface area contributed by atoms with Crippen LogP contribution in [-0.4, -0.2) is 12.8 Å². The third kappa shape index (κ3) is 1.92. The van der Waals surface area contributed by atoms with Gasteiger partial charge in [-0.15, -0.1) is 11.8 Å². The third-order valence-corrected chi connectivity index (χ3v) is 3.98. The Morgan fingerprint density at radius 2 is 2.38 bits per heavy atom. The van der Waals surface area contributed by atoms with Crippen LogP contribution in [0.25, 0.3) is 0 Å². The molecule has 0 spiro atoms. The molecule has 0 aromatic heterocycles. The highest BCUT2D eigenvalue weighted by molar-refractivity contribution is 9.10. The summed E-state index contributed by atoms with van der Waals surface area (Å²) in [6.07, 6.45) is 1.23. The molecule has 0 bridgehead atoms. The van der Waals surface area contributed by atoms with E-state index in [1.807, 2.05) is 18.8 Å². The van der Waals surface area contributed by atoms with Crippen LogP contribution in [0.1, 0.15) is 18.0 Å². The standard InChI is InChI=1S/C10H12BrNS/c1-12-9-4-5-13-10-3-2-7(11)6-8(9)10/h2-3,6,9,12H,4-5H2,1H3/t9-/m0/s1. The van der Waals surface area contributed by atoms with Crippen LogP contribution in [0.3, 0.4) is 0 Å². The molecule has 1 aromatic rings. The Bertz CT molecular complexity index is 314. The molecule has 0 amide bonds. The fraction of sp³-hybridized carbons (Fsp3) is 0.400. The van der Waals surface area contributed by atoms with Gasteiger partial charge in [-0.2, -0.15) is 0 Å². The Labute approximate surface area is 91.4 Å². The second-order valence-electron chi connectivity index (χ2n) is 3.16. The van der Waals surface area contributed by atoms with Gasteiger partial charge in [0.25, 0.3) is 0 Å². The molecule has 1 aliphatic heterocycles. The lowest BCUT2D eigenvalue weighted by Crippen LogP contribution is -2.20. The van der Waals surface area contributed by atoms with E-state index in [0.717, 1.165) is 0 Å². The lowest BCUT2D eigenvalue weighted by Gasteiger charge is -2.24. The first-order valence-corrected chi connectivity index (χ1v) is 6.18. The molecule has 0 aliphatic carbocycles. The minimum absolute atomic E-state index is 0.536.